The minimum atomic E-state index is -0.167. The van der Waals surface area contributed by atoms with Gasteiger partial charge in [-0.05, 0) is 72.2 Å². The van der Waals surface area contributed by atoms with Crippen LogP contribution in [-0.2, 0) is 4.79 Å². The third-order valence-corrected chi connectivity index (χ3v) is 7.92. The fourth-order valence-electron chi connectivity index (χ4n) is 5.52. The van der Waals surface area contributed by atoms with E-state index in [1.807, 2.05) is 74.8 Å². The van der Waals surface area contributed by atoms with Gasteiger partial charge in [0.25, 0.3) is 0 Å². The van der Waals surface area contributed by atoms with Crippen LogP contribution in [0.3, 0.4) is 0 Å². The van der Waals surface area contributed by atoms with Gasteiger partial charge < -0.3 is 25.0 Å². The Bertz CT molecular complexity index is 1680. The van der Waals surface area contributed by atoms with Crippen molar-refractivity contribution in [2.45, 2.75) is 18.5 Å². The van der Waals surface area contributed by atoms with Crippen LogP contribution in [-0.4, -0.2) is 46.1 Å². The van der Waals surface area contributed by atoms with Gasteiger partial charge in [0.05, 0.1) is 17.8 Å². The highest BCUT2D eigenvalue weighted by Crippen LogP contribution is 2.39. The van der Waals surface area contributed by atoms with Gasteiger partial charge in [-0.15, -0.1) is 0 Å². The number of thiocarbonyl (C=S) groups is 1. The van der Waals surface area contributed by atoms with Gasteiger partial charge in [-0.1, -0.05) is 42.5 Å². The average Bonchev–Trinajstić information content (AvgIpc) is 3.61. The SMILES string of the molecule is CN(C)c1ccc(-n2cccc2[C@@H]2[C@H](c3ccccn3)NC(=S)N2CCC(=O)Nc2cccc3ccccc23)cc1. The molecule has 0 radical (unpaired) electrons. The predicted octanol–water partition coefficient (Wildman–Crippen LogP) is 6.09. The maximum absolute atomic E-state index is 13.2. The van der Waals surface area contributed by atoms with E-state index >= 15 is 0 Å². The summed E-state index contributed by atoms with van der Waals surface area (Å²) in [5, 5.41) is 9.34. The number of hydrogen-bond donors (Lipinski definition) is 2. The minimum Gasteiger partial charge on any atom is -0.378 e. The molecule has 8 heteroatoms. The standard InChI is InChI=1S/C33H32N6OS/c1-37(2)24-15-17-25(18-16-24)38-21-8-14-29(38)32-31(28-12-5-6-20-34-28)36-33(41)39(32)22-19-30(40)35-27-13-7-10-23-9-3-4-11-26(23)27/h3-18,20-21,31-32H,19,22H2,1-2H3,(H,35,40)(H,36,41)/t31-,32+/m0/s1. The summed E-state index contributed by atoms with van der Waals surface area (Å²) in [6.45, 7) is 0.460. The smallest absolute Gasteiger partial charge is 0.226 e. The molecule has 1 aliphatic rings. The zero-order valence-corrected chi connectivity index (χ0v) is 23.9. The van der Waals surface area contributed by atoms with E-state index in [-0.39, 0.29) is 24.4 Å². The van der Waals surface area contributed by atoms with E-state index in [4.69, 9.17) is 12.2 Å². The van der Waals surface area contributed by atoms with Crippen LogP contribution in [0.4, 0.5) is 11.4 Å². The first kappa shape index (κ1) is 26.5. The van der Waals surface area contributed by atoms with E-state index in [1.54, 1.807) is 6.20 Å². The summed E-state index contributed by atoms with van der Waals surface area (Å²) >= 11 is 5.86. The molecule has 41 heavy (non-hydrogen) atoms. The molecule has 0 unspecified atom stereocenters. The molecule has 7 nitrogen and oxygen atoms in total. The number of anilines is 2. The van der Waals surface area contributed by atoms with Crippen LogP contribution in [0, 0.1) is 0 Å². The van der Waals surface area contributed by atoms with Crippen molar-refractivity contribution < 1.29 is 4.79 Å². The van der Waals surface area contributed by atoms with E-state index in [2.05, 4.69) is 72.6 Å². The Morgan fingerprint density at radius 2 is 1.73 bits per heavy atom. The van der Waals surface area contributed by atoms with Gasteiger partial charge in [0.2, 0.25) is 5.91 Å². The van der Waals surface area contributed by atoms with Crippen molar-refractivity contribution >= 4 is 45.4 Å². The zero-order chi connectivity index (χ0) is 28.3. The molecule has 1 fully saturated rings. The van der Waals surface area contributed by atoms with Gasteiger partial charge in [-0.3, -0.25) is 9.78 Å². The number of amides is 1. The summed E-state index contributed by atoms with van der Waals surface area (Å²) in [7, 11) is 4.07. The summed E-state index contributed by atoms with van der Waals surface area (Å²) in [5.74, 6) is -0.0566. The number of hydrogen-bond acceptors (Lipinski definition) is 4. The number of nitrogens with zero attached hydrogens (tertiary/aromatic N) is 4. The third-order valence-electron chi connectivity index (χ3n) is 7.57. The van der Waals surface area contributed by atoms with E-state index < -0.39 is 0 Å². The predicted molar refractivity (Wildman–Crippen MR) is 169 cm³/mol. The van der Waals surface area contributed by atoms with Gasteiger partial charge in [-0.25, -0.2) is 0 Å². The minimum absolute atomic E-state index is 0.0566. The number of fused-ring (bicyclic) bond motifs is 1. The van der Waals surface area contributed by atoms with Crippen LogP contribution in [0.5, 0.6) is 0 Å². The Kier molecular flexibility index (Phi) is 7.39. The first-order chi connectivity index (χ1) is 20.0. The molecule has 0 spiro atoms. The average molecular weight is 561 g/mol. The topological polar surface area (TPSA) is 65.4 Å². The number of carbonyl (C=O) groups excluding carboxylic acids is 1. The van der Waals surface area contributed by atoms with Crippen molar-refractivity contribution in [2.24, 2.45) is 0 Å². The van der Waals surface area contributed by atoms with Crippen LogP contribution in [0.2, 0.25) is 0 Å². The van der Waals surface area contributed by atoms with Gasteiger partial charge in [0, 0.05) is 67.6 Å². The highest BCUT2D eigenvalue weighted by atomic mass is 32.1. The van der Waals surface area contributed by atoms with Crippen molar-refractivity contribution in [3.05, 3.63) is 121 Å². The molecule has 2 N–H and O–H groups in total. The number of rotatable bonds is 8. The Hall–Kier alpha value is -4.69. The monoisotopic (exact) mass is 560 g/mol. The summed E-state index contributed by atoms with van der Waals surface area (Å²) in [6.07, 6.45) is 4.16. The maximum atomic E-state index is 13.2. The highest BCUT2D eigenvalue weighted by Gasteiger charge is 2.41. The first-order valence-electron chi connectivity index (χ1n) is 13.7. The molecule has 2 aromatic heterocycles. The molecule has 1 saturated heterocycles. The van der Waals surface area contributed by atoms with Crippen LogP contribution >= 0.6 is 12.2 Å². The lowest BCUT2D eigenvalue weighted by Gasteiger charge is -2.29. The summed E-state index contributed by atoms with van der Waals surface area (Å²) < 4.78 is 2.19. The molecule has 1 amide bonds. The normalized spacial score (nSPS) is 16.5. The summed E-state index contributed by atoms with van der Waals surface area (Å²) in [5.41, 5.74) is 4.98. The fourth-order valence-corrected chi connectivity index (χ4v) is 5.85. The lowest BCUT2D eigenvalue weighted by atomic mass is 10.0. The van der Waals surface area contributed by atoms with Crippen LogP contribution < -0.4 is 15.5 Å². The molecule has 6 rings (SSSR count). The Morgan fingerprint density at radius 3 is 2.51 bits per heavy atom. The second kappa shape index (κ2) is 11.4. The van der Waals surface area contributed by atoms with Gasteiger partial charge >= 0.3 is 0 Å². The molecule has 206 valence electrons. The Balaban J connectivity index is 1.28. The van der Waals surface area contributed by atoms with E-state index in [9.17, 15) is 4.79 Å². The number of benzene rings is 3. The third kappa shape index (κ3) is 5.38. The molecule has 2 atom stereocenters. The van der Waals surface area contributed by atoms with Crippen molar-refractivity contribution in [1.29, 1.82) is 0 Å². The highest BCUT2D eigenvalue weighted by molar-refractivity contribution is 7.80. The molecule has 0 bridgehead atoms. The second-order valence-electron chi connectivity index (χ2n) is 10.4. The van der Waals surface area contributed by atoms with Gasteiger partial charge in [-0.2, -0.15) is 0 Å². The lowest BCUT2D eigenvalue weighted by Crippen LogP contribution is -2.33. The molecule has 3 aromatic carbocycles. The van der Waals surface area contributed by atoms with E-state index in [0.717, 1.165) is 39.2 Å². The molecule has 0 aliphatic carbocycles. The number of carbonyl (C=O) groups is 1. The molecule has 3 heterocycles. The number of nitrogens with one attached hydrogen (secondary N) is 2. The fraction of sp³-hybridized carbons (Fsp3) is 0.182. The quantitative estimate of drug-likeness (QED) is 0.224. The Labute approximate surface area is 245 Å². The van der Waals surface area contributed by atoms with Crippen molar-refractivity contribution in [2.75, 3.05) is 30.9 Å². The van der Waals surface area contributed by atoms with Gasteiger partial charge in [0.1, 0.15) is 0 Å². The van der Waals surface area contributed by atoms with Crippen LogP contribution in [0.25, 0.3) is 16.5 Å². The number of pyridine rings is 1. The largest absolute Gasteiger partial charge is 0.378 e. The molecular formula is C33H32N6OS. The van der Waals surface area contributed by atoms with Gasteiger partial charge in [0.15, 0.2) is 5.11 Å². The lowest BCUT2D eigenvalue weighted by molar-refractivity contribution is -0.116. The molecular weight excluding hydrogens is 528 g/mol. The van der Waals surface area contributed by atoms with E-state index in [0.29, 0.717) is 11.7 Å². The van der Waals surface area contributed by atoms with Crippen LogP contribution in [0.1, 0.15) is 29.9 Å². The van der Waals surface area contributed by atoms with Crippen molar-refractivity contribution in [3.63, 3.8) is 0 Å². The van der Waals surface area contributed by atoms with Crippen molar-refractivity contribution in [1.82, 2.24) is 19.8 Å². The molecule has 5 aromatic rings. The zero-order valence-electron chi connectivity index (χ0n) is 23.1. The summed E-state index contributed by atoms with van der Waals surface area (Å²) in [4.78, 5) is 22.1. The first-order valence-corrected chi connectivity index (χ1v) is 14.1. The maximum Gasteiger partial charge on any atom is 0.226 e. The van der Waals surface area contributed by atoms with E-state index in [1.165, 1.54) is 0 Å². The van der Waals surface area contributed by atoms with Crippen molar-refractivity contribution in [3.8, 4) is 5.69 Å². The summed E-state index contributed by atoms with van der Waals surface area (Å²) in [6, 6.07) is 32.2. The second-order valence-corrected chi connectivity index (χ2v) is 10.7. The number of aromatic nitrogens is 2. The Morgan fingerprint density at radius 1 is 0.951 bits per heavy atom. The van der Waals surface area contributed by atoms with Crippen LogP contribution in [0.15, 0.2) is 109 Å². The molecule has 0 saturated carbocycles. The molecule has 1 aliphatic heterocycles.